The maximum Gasteiger partial charge on any atom is 0.417 e. The van der Waals surface area contributed by atoms with Crippen LogP contribution in [0.4, 0.5) is 13.2 Å². The van der Waals surface area contributed by atoms with E-state index in [1.165, 1.54) is 0 Å². The third-order valence-corrected chi connectivity index (χ3v) is 5.37. The number of alkyl halides is 3. The molecule has 1 N–H and O–H groups in total. The number of halogens is 4. The fraction of sp³-hybridized carbons (Fsp3) is 0.455. The van der Waals surface area contributed by atoms with Gasteiger partial charge in [-0.25, -0.2) is 8.42 Å². The molecule has 0 aliphatic carbocycles. The third-order valence-electron chi connectivity index (χ3n) is 2.95. The van der Waals surface area contributed by atoms with E-state index >= 15 is 0 Å². The Morgan fingerprint density at radius 3 is 2.35 bits per heavy atom. The molecule has 1 aromatic rings. The van der Waals surface area contributed by atoms with Crippen LogP contribution < -0.4 is 5.32 Å². The van der Waals surface area contributed by atoms with Crippen LogP contribution in [-0.2, 0) is 16.2 Å². The van der Waals surface area contributed by atoms with Crippen LogP contribution in [0.3, 0.4) is 0 Å². The second-order valence-electron chi connectivity index (χ2n) is 4.27. The molecule has 0 atom stereocenters. The molecule has 4 nitrogen and oxygen atoms in total. The van der Waals surface area contributed by atoms with Crippen molar-refractivity contribution in [1.82, 2.24) is 9.62 Å². The number of piperazine rings is 1. The second kappa shape index (κ2) is 5.51. The van der Waals surface area contributed by atoms with Crippen molar-refractivity contribution in [2.75, 3.05) is 26.2 Å². The summed E-state index contributed by atoms with van der Waals surface area (Å²) in [7, 11) is -4.27. The zero-order valence-electron chi connectivity index (χ0n) is 10.2. The molecular weight excluding hydrogens is 317 g/mol. The van der Waals surface area contributed by atoms with Crippen LogP contribution in [-0.4, -0.2) is 38.9 Å². The van der Waals surface area contributed by atoms with Crippen LogP contribution in [0.5, 0.6) is 0 Å². The van der Waals surface area contributed by atoms with E-state index in [0.29, 0.717) is 13.1 Å². The quantitative estimate of drug-likeness (QED) is 0.903. The first-order chi connectivity index (χ1) is 9.24. The van der Waals surface area contributed by atoms with E-state index in [1.54, 1.807) is 0 Å². The minimum absolute atomic E-state index is 0.116. The van der Waals surface area contributed by atoms with Gasteiger partial charge >= 0.3 is 6.18 Å². The van der Waals surface area contributed by atoms with Gasteiger partial charge in [-0.15, -0.1) is 0 Å². The summed E-state index contributed by atoms with van der Waals surface area (Å²) < 4.78 is 64.7. The molecular formula is C11H12ClF3N2O2S. The molecule has 2 rings (SSSR count). The van der Waals surface area contributed by atoms with Gasteiger partial charge < -0.3 is 5.32 Å². The Bertz CT molecular complexity index is 598. The summed E-state index contributed by atoms with van der Waals surface area (Å²) in [5.74, 6) is 0. The highest BCUT2D eigenvalue weighted by Crippen LogP contribution is 2.38. The van der Waals surface area contributed by atoms with Gasteiger partial charge in [-0.05, 0) is 12.1 Å². The number of nitrogens with zero attached hydrogens (tertiary/aromatic N) is 1. The molecule has 112 valence electrons. The molecule has 9 heteroatoms. The van der Waals surface area contributed by atoms with Crippen molar-refractivity contribution < 1.29 is 21.6 Å². The summed E-state index contributed by atoms with van der Waals surface area (Å²) in [6.45, 7) is 1.02. The Balaban J connectivity index is 2.56. The average molecular weight is 329 g/mol. The second-order valence-corrected chi connectivity index (χ2v) is 6.55. The maximum atomic E-state index is 13.0. The minimum atomic E-state index is -4.78. The number of rotatable bonds is 2. The number of nitrogens with one attached hydrogen (secondary N) is 1. The highest BCUT2D eigenvalue weighted by molar-refractivity contribution is 7.89. The van der Waals surface area contributed by atoms with Gasteiger partial charge in [-0.1, -0.05) is 17.7 Å². The predicted molar refractivity (Wildman–Crippen MR) is 68.1 cm³/mol. The molecule has 1 fully saturated rings. The summed E-state index contributed by atoms with van der Waals surface area (Å²) in [6, 6.07) is 2.95. The van der Waals surface area contributed by atoms with Crippen molar-refractivity contribution in [3.63, 3.8) is 0 Å². The van der Waals surface area contributed by atoms with E-state index in [2.05, 4.69) is 5.32 Å². The molecule has 0 amide bonds. The highest BCUT2D eigenvalue weighted by Gasteiger charge is 2.40. The fourth-order valence-electron chi connectivity index (χ4n) is 2.01. The van der Waals surface area contributed by atoms with Crippen molar-refractivity contribution >= 4 is 21.6 Å². The van der Waals surface area contributed by atoms with Crippen LogP contribution in [0.1, 0.15) is 5.56 Å². The normalized spacial score (nSPS) is 18.2. The average Bonchev–Trinajstić information content (AvgIpc) is 2.38. The van der Waals surface area contributed by atoms with Gasteiger partial charge in [0.25, 0.3) is 0 Å². The predicted octanol–water partition coefficient (Wildman–Crippen LogP) is 1.95. The highest BCUT2D eigenvalue weighted by atomic mass is 35.5. The van der Waals surface area contributed by atoms with Gasteiger partial charge in [-0.2, -0.15) is 17.5 Å². The molecule has 1 saturated heterocycles. The number of hydrogen-bond acceptors (Lipinski definition) is 3. The largest absolute Gasteiger partial charge is 0.417 e. The molecule has 1 heterocycles. The molecule has 0 saturated carbocycles. The Morgan fingerprint density at radius 1 is 1.20 bits per heavy atom. The summed E-state index contributed by atoms with van der Waals surface area (Å²) in [6.07, 6.45) is -4.78. The van der Waals surface area contributed by atoms with E-state index in [0.717, 1.165) is 22.5 Å². The smallest absolute Gasteiger partial charge is 0.314 e. The summed E-state index contributed by atoms with van der Waals surface area (Å²) >= 11 is 5.72. The molecule has 0 radical (unpaired) electrons. The SMILES string of the molecule is O=S(=O)(c1c(Cl)cccc1C(F)(F)F)N1CCNCC1. The molecule has 1 aliphatic rings. The number of benzene rings is 1. The third kappa shape index (κ3) is 2.93. The number of sulfonamides is 1. The lowest BCUT2D eigenvalue weighted by molar-refractivity contribution is -0.139. The standard InChI is InChI=1S/C11H12ClF3N2O2S/c12-9-3-1-2-8(11(13,14)15)10(9)20(18,19)17-6-4-16-5-7-17/h1-3,16H,4-7H2. The van der Waals surface area contributed by atoms with Crippen LogP contribution >= 0.6 is 11.6 Å². The van der Waals surface area contributed by atoms with Gasteiger partial charge in [0.1, 0.15) is 4.90 Å². The lowest BCUT2D eigenvalue weighted by atomic mass is 10.2. The Labute approximate surface area is 119 Å². The van der Waals surface area contributed by atoms with Gasteiger partial charge in [0.05, 0.1) is 10.6 Å². The first-order valence-electron chi connectivity index (χ1n) is 5.81. The molecule has 0 bridgehead atoms. The van der Waals surface area contributed by atoms with Gasteiger partial charge in [0, 0.05) is 26.2 Å². The first-order valence-corrected chi connectivity index (χ1v) is 7.63. The van der Waals surface area contributed by atoms with Crippen LogP contribution in [0.25, 0.3) is 0 Å². The van der Waals surface area contributed by atoms with Crippen molar-refractivity contribution in [1.29, 1.82) is 0 Å². The molecule has 0 aromatic heterocycles. The molecule has 0 spiro atoms. The fourth-order valence-corrected chi connectivity index (χ4v) is 4.17. The van der Waals surface area contributed by atoms with Gasteiger partial charge in [0.2, 0.25) is 10.0 Å². The number of hydrogen-bond donors (Lipinski definition) is 1. The van der Waals surface area contributed by atoms with Crippen LogP contribution in [0.2, 0.25) is 5.02 Å². The first kappa shape index (κ1) is 15.6. The van der Waals surface area contributed by atoms with Crippen LogP contribution in [0.15, 0.2) is 23.1 Å². The van der Waals surface area contributed by atoms with Crippen molar-refractivity contribution in [2.24, 2.45) is 0 Å². The van der Waals surface area contributed by atoms with Crippen molar-refractivity contribution in [2.45, 2.75) is 11.1 Å². The zero-order chi connectivity index (χ0) is 15.0. The Hall–Kier alpha value is -0.830. The molecule has 1 aromatic carbocycles. The summed E-state index contributed by atoms with van der Waals surface area (Å²) in [5, 5.41) is 2.52. The Morgan fingerprint density at radius 2 is 1.80 bits per heavy atom. The minimum Gasteiger partial charge on any atom is -0.314 e. The maximum absolute atomic E-state index is 13.0. The lowest BCUT2D eigenvalue weighted by Crippen LogP contribution is -2.46. The van der Waals surface area contributed by atoms with Crippen LogP contribution in [0, 0.1) is 0 Å². The monoisotopic (exact) mass is 328 g/mol. The van der Waals surface area contributed by atoms with E-state index in [1.807, 2.05) is 0 Å². The van der Waals surface area contributed by atoms with E-state index in [4.69, 9.17) is 11.6 Å². The summed E-state index contributed by atoms with van der Waals surface area (Å²) in [4.78, 5) is -0.865. The summed E-state index contributed by atoms with van der Waals surface area (Å²) in [5.41, 5.74) is -1.23. The zero-order valence-corrected chi connectivity index (χ0v) is 11.8. The van der Waals surface area contributed by atoms with E-state index in [-0.39, 0.29) is 13.1 Å². The van der Waals surface area contributed by atoms with Crippen molar-refractivity contribution in [3.8, 4) is 0 Å². The van der Waals surface area contributed by atoms with Gasteiger partial charge in [0.15, 0.2) is 0 Å². The molecule has 0 unspecified atom stereocenters. The molecule has 1 aliphatic heterocycles. The van der Waals surface area contributed by atoms with Gasteiger partial charge in [-0.3, -0.25) is 0 Å². The van der Waals surface area contributed by atoms with E-state index < -0.39 is 31.7 Å². The topological polar surface area (TPSA) is 49.4 Å². The Kier molecular flexibility index (Phi) is 4.29. The molecule has 20 heavy (non-hydrogen) atoms. The van der Waals surface area contributed by atoms with E-state index in [9.17, 15) is 21.6 Å². The lowest BCUT2D eigenvalue weighted by Gasteiger charge is -2.28. The van der Waals surface area contributed by atoms with Crippen molar-refractivity contribution in [3.05, 3.63) is 28.8 Å².